The monoisotopic (exact) mass is 1040 g/mol. The number of nitrogens with two attached hydrogens (primary N) is 2. The minimum Gasteiger partial charge on any atom is -0.456 e. The number of ether oxygens (including phenoxy) is 6. The maximum atomic E-state index is 13.5. The fourth-order valence-electron chi connectivity index (χ4n) is 7.39. The molecule has 5 rings (SSSR count). The Bertz CT molecular complexity index is 2500. The number of esters is 1. The van der Waals surface area contributed by atoms with Gasteiger partial charge >= 0.3 is 30.3 Å². The lowest BCUT2D eigenvalue weighted by atomic mass is 9.77. The number of benzene rings is 3. The van der Waals surface area contributed by atoms with E-state index in [2.05, 4.69) is 41.9 Å². The highest BCUT2D eigenvalue weighted by Gasteiger charge is 2.53. The molecule has 2 atom stereocenters. The van der Waals surface area contributed by atoms with Crippen LogP contribution in [0.3, 0.4) is 0 Å². The Morgan fingerprint density at radius 3 is 1.27 bits per heavy atom. The first-order chi connectivity index (χ1) is 34.8. The molecule has 2 aliphatic rings. The van der Waals surface area contributed by atoms with Gasteiger partial charge in [-0.15, -0.1) is 0 Å². The third kappa shape index (κ3) is 17.1. The number of alkyl carbamates (subject to hydrolysis) is 4. The van der Waals surface area contributed by atoms with Gasteiger partial charge in [0.2, 0.25) is 23.7 Å². The maximum absolute atomic E-state index is 13.5. The topological polar surface area (TPSA) is 324 Å². The minimum absolute atomic E-state index is 0.0494. The van der Waals surface area contributed by atoms with E-state index in [-0.39, 0.29) is 62.2 Å². The fourth-order valence-corrected chi connectivity index (χ4v) is 7.39. The van der Waals surface area contributed by atoms with Crippen LogP contribution in [0.1, 0.15) is 136 Å². The first-order valence-electron chi connectivity index (χ1n) is 24.3. The molecule has 2 heterocycles. The van der Waals surface area contributed by atoms with Crippen molar-refractivity contribution in [1.29, 1.82) is 0 Å². The normalized spacial score (nSPS) is 14.1. The molecule has 0 radical (unpaired) electrons. The number of nitrogens with zero attached hydrogens (tertiary/aromatic N) is 2. The number of carbonyl (C=O) groups is 7. The van der Waals surface area contributed by atoms with Crippen LogP contribution in [-0.2, 0) is 38.9 Å². The second-order valence-corrected chi connectivity index (χ2v) is 21.6. The number of fused-ring (bicyclic) bond motifs is 6. The lowest BCUT2D eigenvalue weighted by Crippen LogP contribution is -2.47. The zero-order valence-corrected chi connectivity index (χ0v) is 44.5. The van der Waals surface area contributed by atoms with Crippen molar-refractivity contribution in [2.75, 3.05) is 23.7 Å². The maximum Gasteiger partial charge on any atom is 0.414 e. The van der Waals surface area contributed by atoms with Crippen LogP contribution >= 0.6 is 0 Å². The first kappa shape index (κ1) is 58.1. The summed E-state index contributed by atoms with van der Waals surface area (Å²) in [6.45, 7) is 20.3. The molecule has 0 unspecified atom stereocenters. The van der Waals surface area contributed by atoms with Crippen molar-refractivity contribution in [1.82, 2.24) is 21.3 Å². The van der Waals surface area contributed by atoms with Crippen molar-refractivity contribution in [3.8, 4) is 11.5 Å². The van der Waals surface area contributed by atoms with Gasteiger partial charge in [0.15, 0.2) is 5.60 Å². The van der Waals surface area contributed by atoms with Crippen LogP contribution in [0.15, 0.2) is 70.6 Å². The Hall–Kier alpha value is -7.79. The molecule has 0 saturated carbocycles. The van der Waals surface area contributed by atoms with E-state index in [1.54, 1.807) is 144 Å². The Morgan fingerprint density at radius 1 is 0.547 bits per heavy atom. The van der Waals surface area contributed by atoms with Crippen molar-refractivity contribution >= 4 is 65.5 Å². The molecule has 3 aromatic carbocycles. The number of nitrogens with one attached hydrogen (secondary N) is 6. The van der Waals surface area contributed by atoms with E-state index in [0.717, 1.165) is 0 Å². The van der Waals surface area contributed by atoms with Crippen molar-refractivity contribution in [3.63, 3.8) is 0 Å². The predicted octanol–water partition coefficient (Wildman–Crippen LogP) is 7.16. The molecule has 0 bridgehead atoms. The molecule has 75 heavy (non-hydrogen) atoms. The summed E-state index contributed by atoms with van der Waals surface area (Å²) < 4.78 is 33.9. The number of hydrogen-bond acceptors (Lipinski definition) is 17. The summed E-state index contributed by atoms with van der Waals surface area (Å²) >= 11 is 0. The van der Waals surface area contributed by atoms with Gasteiger partial charge in [-0.25, -0.2) is 24.0 Å². The number of rotatable bonds is 12. The molecule has 406 valence electrons. The number of guanidine groups is 2. The summed E-state index contributed by atoms with van der Waals surface area (Å²) in [4.78, 5) is 98.9. The van der Waals surface area contributed by atoms with Gasteiger partial charge in [-0.3, -0.25) is 40.8 Å². The summed E-state index contributed by atoms with van der Waals surface area (Å²) in [5, 5.41) is 15.3. The molecular formula is C52H70N10O13. The van der Waals surface area contributed by atoms with Gasteiger partial charge in [0, 0.05) is 53.3 Å². The van der Waals surface area contributed by atoms with Gasteiger partial charge in [0.25, 0.3) is 0 Å². The summed E-state index contributed by atoms with van der Waals surface area (Å²) in [6.07, 6.45) is -2.56. The Balaban J connectivity index is 1.28. The van der Waals surface area contributed by atoms with Crippen LogP contribution in [0, 0.1) is 0 Å². The molecule has 0 fully saturated rings. The van der Waals surface area contributed by atoms with Crippen LogP contribution in [0.5, 0.6) is 11.5 Å². The molecule has 10 N–H and O–H groups in total. The van der Waals surface area contributed by atoms with E-state index in [4.69, 9.17) is 39.9 Å². The van der Waals surface area contributed by atoms with Gasteiger partial charge in [-0.2, -0.15) is 0 Å². The molecule has 0 aromatic heterocycles. The molecule has 3 aromatic rings. The molecule has 0 saturated heterocycles. The zero-order valence-electron chi connectivity index (χ0n) is 44.5. The molecule has 23 heteroatoms. The number of aliphatic imine (C=N–C) groups is 2. The number of hydrogen-bond donors (Lipinski definition) is 8. The lowest BCUT2D eigenvalue weighted by molar-refractivity contribution is -0.118. The zero-order chi connectivity index (χ0) is 55.7. The second-order valence-electron chi connectivity index (χ2n) is 21.6. The molecule has 1 spiro atoms. The smallest absolute Gasteiger partial charge is 0.414 e. The average Bonchev–Trinajstić information content (AvgIpc) is 3.55. The minimum atomic E-state index is -1.47. The van der Waals surface area contributed by atoms with Gasteiger partial charge in [0.05, 0.1) is 17.6 Å². The van der Waals surface area contributed by atoms with E-state index in [1.807, 2.05) is 0 Å². The summed E-state index contributed by atoms with van der Waals surface area (Å²) in [6, 6.07) is 14.7. The van der Waals surface area contributed by atoms with Gasteiger partial charge < -0.3 is 50.5 Å². The highest BCUT2D eigenvalue weighted by molar-refractivity contribution is 6.02. The Kier molecular flexibility index (Phi) is 18.3. The van der Waals surface area contributed by atoms with Crippen molar-refractivity contribution in [3.05, 3.63) is 82.9 Å². The SMILES string of the molecule is CC(C)(C)OC(=O)NC(=NCCC[C@H](N)C(=O)Nc1ccc2c(c1)Oc1cc(NC(=O)[C@@H](N)CCCN=C(NC(=O)OC(C)(C)C)NC(=O)OC(C)(C)C)ccc1C21OC(=O)c2ccccc21)NC(=O)OC(C)(C)C. The quantitative estimate of drug-likeness (QED) is 0.0293. The van der Waals surface area contributed by atoms with Gasteiger partial charge in [-0.1, -0.05) is 18.2 Å². The van der Waals surface area contributed by atoms with Crippen molar-refractivity contribution < 1.29 is 62.0 Å². The number of carbonyl (C=O) groups excluding carboxylic acids is 7. The lowest BCUT2D eigenvalue weighted by Gasteiger charge is -2.37. The Morgan fingerprint density at radius 2 is 0.907 bits per heavy atom. The molecule has 2 aliphatic heterocycles. The summed E-state index contributed by atoms with van der Waals surface area (Å²) in [5.41, 5.74) is 10.3. The average molecular weight is 1040 g/mol. The van der Waals surface area contributed by atoms with E-state index < -0.39 is 82.2 Å². The number of amides is 6. The largest absolute Gasteiger partial charge is 0.456 e. The molecular weight excluding hydrogens is 973 g/mol. The van der Waals surface area contributed by atoms with Crippen LogP contribution < -0.4 is 48.1 Å². The summed E-state index contributed by atoms with van der Waals surface area (Å²) in [5.74, 6) is -1.59. The van der Waals surface area contributed by atoms with E-state index in [9.17, 15) is 33.6 Å². The third-order valence-corrected chi connectivity index (χ3v) is 10.3. The second kappa shape index (κ2) is 23.6. The van der Waals surface area contributed by atoms with Crippen LogP contribution in [0.2, 0.25) is 0 Å². The van der Waals surface area contributed by atoms with E-state index >= 15 is 0 Å². The standard InChI is InChI=1S/C52H70N10O13/c1-48(2,3)72-44(66)59-42(60-45(67)73-49(4,5)6)55-25-15-19-35(53)39(63)57-29-21-23-33-37(27-29)70-38-28-30(22-24-34(38)52(33)32-18-14-13-17-31(32)41(65)71-52)58-40(64)36(54)20-16-26-56-43(61-46(68)74-50(7,8)9)62-47(69)75-51(10,11)12/h13-14,17-18,21-24,27-28,35-36H,15-16,19-20,25-26,53-54H2,1-12H3,(H,57,63)(H,58,64)(H2,55,59,60,66,67)(H2,56,61,62,68,69)/t35-,36-/m0/s1. The Labute approximate surface area is 436 Å². The van der Waals surface area contributed by atoms with E-state index in [0.29, 0.717) is 33.6 Å². The fraction of sp³-hybridized carbons (Fsp3) is 0.481. The van der Waals surface area contributed by atoms with Crippen molar-refractivity contribution in [2.24, 2.45) is 21.5 Å². The highest BCUT2D eigenvalue weighted by atomic mass is 16.6. The highest BCUT2D eigenvalue weighted by Crippen LogP contribution is 2.56. The molecule has 0 aliphatic carbocycles. The summed E-state index contributed by atoms with van der Waals surface area (Å²) in [7, 11) is 0. The van der Waals surface area contributed by atoms with Crippen LogP contribution in [-0.4, -0.2) is 102 Å². The molecule has 23 nitrogen and oxygen atoms in total. The van der Waals surface area contributed by atoms with Crippen molar-refractivity contribution in [2.45, 2.75) is 149 Å². The molecule has 6 amide bonds. The van der Waals surface area contributed by atoms with E-state index in [1.165, 1.54) is 0 Å². The number of anilines is 2. The third-order valence-electron chi connectivity index (χ3n) is 10.3. The van der Waals surface area contributed by atoms with Gasteiger partial charge in [0.1, 0.15) is 33.9 Å². The first-order valence-corrected chi connectivity index (χ1v) is 24.3. The van der Waals surface area contributed by atoms with Crippen LogP contribution in [0.25, 0.3) is 0 Å². The predicted molar refractivity (Wildman–Crippen MR) is 278 cm³/mol. The van der Waals surface area contributed by atoms with Crippen LogP contribution in [0.4, 0.5) is 30.6 Å². The van der Waals surface area contributed by atoms with Gasteiger partial charge in [-0.05, 0) is 139 Å².